The summed E-state index contributed by atoms with van der Waals surface area (Å²) in [6.07, 6.45) is 2.35. The van der Waals surface area contributed by atoms with Crippen molar-refractivity contribution in [2.75, 3.05) is 19.7 Å². The fourth-order valence-corrected chi connectivity index (χ4v) is 4.65. The third-order valence-corrected chi connectivity index (χ3v) is 6.36. The Morgan fingerprint density at radius 3 is 2.63 bits per heavy atom. The van der Waals surface area contributed by atoms with Crippen molar-refractivity contribution in [3.05, 3.63) is 58.6 Å². The first-order valence-electron chi connectivity index (χ1n) is 9.20. The van der Waals surface area contributed by atoms with E-state index >= 15 is 0 Å². The van der Waals surface area contributed by atoms with E-state index in [2.05, 4.69) is 18.2 Å². The monoisotopic (exact) mass is 400 g/mol. The summed E-state index contributed by atoms with van der Waals surface area (Å²) < 4.78 is 6.87. The first-order valence-corrected chi connectivity index (χ1v) is 10.4. The Balaban J connectivity index is 1.25. The van der Waals surface area contributed by atoms with Crippen LogP contribution in [0.2, 0.25) is 5.02 Å². The van der Waals surface area contributed by atoms with Crippen molar-refractivity contribution < 1.29 is 9.53 Å². The van der Waals surface area contributed by atoms with Crippen molar-refractivity contribution in [2.24, 2.45) is 0 Å². The summed E-state index contributed by atoms with van der Waals surface area (Å²) in [5.74, 6) is 1.35. The first kappa shape index (κ1) is 18.3. The van der Waals surface area contributed by atoms with Crippen molar-refractivity contribution >= 4 is 39.1 Å². The zero-order valence-corrected chi connectivity index (χ0v) is 16.5. The van der Waals surface area contributed by atoms with Gasteiger partial charge in [0.05, 0.1) is 28.3 Å². The normalized spacial score (nSPS) is 15.2. The highest BCUT2D eigenvalue weighted by Crippen LogP contribution is 2.33. The molecule has 2 heterocycles. The maximum absolute atomic E-state index is 12.4. The van der Waals surface area contributed by atoms with E-state index < -0.39 is 0 Å². The van der Waals surface area contributed by atoms with E-state index in [0.29, 0.717) is 24.0 Å². The molecule has 0 radical (unpaired) electrons. The lowest BCUT2D eigenvalue weighted by molar-refractivity contribution is -0.132. The van der Waals surface area contributed by atoms with Gasteiger partial charge in [-0.1, -0.05) is 23.7 Å². The number of rotatable bonds is 5. The smallest absolute Gasteiger partial charge is 0.225 e. The average Bonchev–Trinajstić information content (AvgIpc) is 3.14. The van der Waals surface area contributed by atoms with Gasteiger partial charge >= 0.3 is 0 Å². The van der Waals surface area contributed by atoms with Crippen LogP contribution in [0.1, 0.15) is 30.2 Å². The molecule has 0 saturated carbocycles. The summed E-state index contributed by atoms with van der Waals surface area (Å²) in [5, 5.41) is 1.88. The minimum atomic E-state index is 0.159. The van der Waals surface area contributed by atoms with Gasteiger partial charge in [0, 0.05) is 24.0 Å². The number of piperidine rings is 1. The lowest BCUT2D eigenvalue weighted by Gasteiger charge is -2.31. The van der Waals surface area contributed by atoms with Crippen LogP contribution in [0.5, 0.6) is 5.75 Å². The summed E-state index contributed by atoms with van der Waals surface area (Å²) in [6.45, 7) is 1.97. The number of likely N-dealkylation sites (tertiary alicyclic amines) is 1. The molecule has 1 fully saturated rings. The maximum atomic E-state index is 12.4. The number of carbonyl (C=O) groups is 1. The van der Waals surface area contributed by atoms with Crippen LogP contribution in [0.15, 0.2) is 48.5 Å². The van der Waals surface area contributed by atoms with Gasteiger partial charge in [0.1, 0.15) is 5.75 Å². The zero-order valence-electron chi connectivity index (χ0n) is 14.9. The van der Waals surface area contributed by atoms with Crippen LogP contribution < -0.4 is 4.74 Å². The SMILES string of the molecule is O=C(CCOc1ccc(Cl)cc1)N1CCC(c2nc3ccccc3s2)CC1. The van der Waals surface area contributed by atoms with Crippen molar-refractivity contribution in [2.45, 2.75) is 25.2 Å². The number of amides is 1. The Morgan fingerprint density at radius 2 is 1.89 bits per heavy atom. The number of halogens is 1. The molecule has 3 aromatic rings. The van der Waals surface area contributed by atoms with Crippen LogP contribution in [0.25, 0.3) is 10.2 Å². The van der Waals surface area contributed by atoms with Gasteiger partial charge in [0.2, 0.25) is 5.91 Å². The Hall–Kier alpha value is -2.11. The minimum absolute atomic E-state index is 0.159. The van der Waals surface area contributed by atoms with Gasteiger partial charge in [0.15, 0.2) is 0 Å². The van der Waals surface area contributed by atoms with E-state index in [-0.39, 0.29) is 5.91 Å². The molecular weight excluding hydrogens is 380 g/mol. The third kappa shape index (κ3) is 4.42. The quantitative estimate of drug-likeness (QED) is 0.596. The second-order valence-electron chi connectivity index (χ2n) is 6.73. The van der Waals surface area contributed by atoms with Crippen LogP contribution in [0.3, 0.4) is 0 Å². The number of ether oxygens (including phenoxy) is 1. The lowest BCUT2D eigenvalue weighted by atomic mass is 9.97. The number of para-hydroxylation sites is 1. The van der Waals surface area contributed by atoms with Crippen LogP contribution in [-0.2, 0) is 4.79 Å². The number of aromatic nitrogens is 1. The highest BCUT2D eigenvalue weighted by atomic mass is 35.5. The van der Waals surface area contributed by atoms with E-state index in [9.17, 15) is 4.79 Å². The Kier molecular flexibility index (Phi) is 5.60. The average molecular weight is 401 g/mol. The standard InChI is InChI=1S/C21H21ClN2O2S/c22-16-5-7-17(8-6-16)26-14-11-20(25)24-12-9-15(10-13-24)21-23-18-3-1-2-4-19(18)27-21/h1-8,15H,9-14H2. The summed E-state index contributed by atoms with van der Waals surface area (Å²) in [7, 11) is 0. The second kappa shape index (κ2) is 8.28. The number of benzene rings is 2. The fraction of sp³-hybridized carbons (Fsp3) is 0.333. The van der Waals surface area contributed by atoms with Gasteiger partial charge < -0.3 is 9.64 Å². The number of hydrogen-bond acceptors (Lipinski definition) is 4. The van der Waals surface area contributed by atoms with Gasteiger partial charge in [-0.2, -0.15) is 0 Å². The van der Waals surface area contributed by atoms with E-state index in [1.165, 1.54) is 9.71 Å². The minimum Gasteiger partial charge on any atom is -0.493 e. The highest BCUT2D eigenvalue weighted by molar-refractivity contribution is 7.18. The second-order valence-corrected chi connectivity index (χ2v) is 8.23. The topological polar surface area (TPSA) is 42.4 Å². The molecule has 1 aliphatic rings. The Labute approximate surface area is 167 Å². The molecule has 1 amide bonds. The molecule has 0 N–H and O–H groups in total. The van der Waals surface area contributed by atoms with Crippen LogP contribution in [-0.4, -0.2) is 35.5 Å². The lowest BCUT2D eigenvalue weighted by Crippen LogP contribution is -2.38. The van der Waals surface area contributed by atoms with Gasteiger partial charge in [-0.25, -0.2) is 4.98 Å². The molecule has 1 saturated heterocycles. The molecule has 2 aromatic carbocycles. The maximum Gasteiger partial charge on any atom is 0.225 e. The Morgan fingerprint density at radius 1 is 1.15 bits per heavy atom. The van der Waals surface area contributed by atoms with E-state index in [1.54, 1.807) is 23.5 Å². The summed E-state index contributed by atoms with van der Waals surface area (Å²) in [4.78, 5) is 19.2. The molecule has 0 aliphatic carbocycles. The van der Waals surface area contributed by atoms with E-state index in [1.807, 2.05) is 23.1 Å². The number of fused-ring (bicyclic) bond motifs is 1. The van der Waals surface area contributed by atoms with Crippen molar-refractivity contribution in [1.82, 2.24) is 9.88 Å². The van der Waals surface area contributed by atoms with E-state index in [4.69, 9.17) is 21.3 Å². The molecule has 1 aromatic heterocycles. The number of hydrogen-bond donors (Lipinski definition) is 0. The molecule has 6 heteroatoms. The number of nitrogens with zero attached hydrogens (tertiary/aromatic N) is 2. The largest absolute Gasteiger partial charge is 0.493 e. The summed E-state index contributed by atoms with van der Waals surface area (Å²) >= 11 is 7.64. The number of carbonyl (C=O) groups excluding carboxylic acids is 1. The molecule has 140 valence electrons. The van der Waals surface area contributed by atoms with Gasteiger partial charge in [-0.05, 0) is 49.2 Å². The predicted octanol–water partition coefficient (Wildman–Crippen LogP) is 5.12. The molecular formula is C21H21ClN2O2S. The molecule has 0 spiro atoms. The van der Waals surface area contributed by atoms with Crippen LogP contribution in [0, 0.1) is 0 Å². The molecule has 0 unspecified atom stereocenters. The van der Waals surface area contributed by atoms with Gasteiger partial charge in [-0.15, -0.1) is 11.3 Å². The third-order valence-electron chi connectivity index (χ3n) is 4.91. The molecule has 1 aliphatic heterocycles. The van der Waals surface area contributed by atoms with Gasteiger partial charge in [0.25, 0.3) is 0 Å². The molecule has 4 nitrogen and oxygen atoms in total. The van der Waals surface area contributed by atoms with Crippen molar-refractivity contribution in [1.29, 1.82) is 0 Å². The molecule has 4 rings (SSSR count). The van der Waals surface area contributed by atoms with Crippen molar-refractivity contribution in [3.8, 4) is 5.75 Å². The Bertz CT molecular complexity index is 884. The predicted molar refractivity (Wildman–Crippen MR) is 110 cm³/mol. The zero-order chi connectivity index (χ0) is 18.6. The molecule has 27 heavy (non-hydrogen) atoms. The number of thiazole rings is 1. The highest BCUT2D eigenvalue weighted by Gasteiger charge is 2.25. The van der Waals surface area contributed by atoms with Crippen LogP contribution in [0.4, 0.5) is 0 Å². The summed E-state index contributed by atoms with van der Waals surface area (Å²) in [6, 6.07) is 15.5. The van der Waals surface area contributed by atoms with E-state index in [0.717, 1.165) is 37.2 Å². The van der Waals surface area contributed by atoms with Crippen molar-refractivity contribution in [3.63, 3.8) is 0 Å². The van der Waals surface area contributed by atoms with Crippen LogP contribution >= 0.6 is 22.9 Å². The summed E-state index contributed by atoms with van der Waals surface area (Å²) in [5.41, 5.74) is 1.08. The first-order chi connectivity index (χ1) is 13.2. The fourth-order valence-electron chi connectivity index (χ4n) is 3.39. The molecule has 0 atom stereocenters. The molecule has 0 bridgehead atoms. The van der Waals surface area contributed by atoms with Gasteiger partial charge in [-0.3, -0.25) is 4.79 Å².